The maximum absolute atomic E-state index is 11.1. The third kappa shape index (κ3) is 1.07. The molecule has 0 aliphatic rings. The van der Waals surface area contributed by atoms with Gasteiger partial charge >= 0.3 is 0 Å². The van der Waals surface area contributed by atoms with E-state index in [1.54, 1.807) is 6.92 Å². The molecule has 0 bridgehead atoms. The van der Waals surface area contributed by atoms with Crippen molar-refractivity contribution in [2.24, 2.45) is 0 Å². The van der Waals surface area contributed by atoms with E-state index in [9.17, 15) is 4.79 Å². The summed E-state index contributed by atoms with van der Waals surface area (Å²) in [5, 5.41) is 11.4. The van der Waals surface area contributed by atoms with Gasteiger partial charge in [0, 0.05) is 6.92 Å². The molecule has 2 aromatic heterocycles. The first-order chi connectivity index (χ1) is 6.20. The van der Waals surface area contributed by atoms with Crippen LogP contribution in [0.1, 0.15) is 23.1 Å². The Morgan fingerprint density at radius 2 is 2.23 bits per heavy atom. The van der Waals surface area contributed by atoms with E-state index in [4.69, 9.17) is 0 Å². The van der Waals surface area contributed by atoms with Gasteiger partial charge in [-0.2, -0.15) is 14.6 Å². The summed E-state index contributed by atoms with van der Waals surface area (Å²) < 4.78 is 1.49. The number of carbonyl (C=O) groups is 1. The first kappa shape index (κ1) is 7.78. The molecule has 2 aromatic rings. The van der Waals surface area contributed by atoms with Crippen molar-refractivity contribution in [2.45, 2.75) is 13.8 Å². The summed E-state index contributed by atoms with van der Waals surface area (Å²) in [5.41, 5.74) is 0.994. The molecule has 0 aliphatic carbocycles. The van der Waals surface area contributed by atoms with Gasteiger partial charge in [0.15, 0.2) is 5.78 Å². The largest absolute Gasteiger partial charge is 0.293 e. The fourth-order valence-corrected chi connectivity index (χ4v) is 1.13. The number of carbonyl (C=O) groups excluding carboxylic acids is 1. The van der Waals surface area contributed by atoms with Gasteiger partial charge in [-0.25, -0.2) is 0 Å². The second-order valence-corrected chi connectivity index (χ2v) is 2.66. The molecule has 0 radical (unpaired) electrons. The van der Waals surface area contributed by atoms with Gasteiger partial charge in [0.1, 0.15) is 12.0 Å². The summed E-state index contributed by atoms with van der Waals surface area (Å²) in [6, 6.07) is 0. The van der Waals surface area contributed by atoms with Gasteiger partial charge in [0.25, 0.3) is 5.78 Å². The first-order valence-electron chi connectivity index (χ1n) is 3.74. The molecule has 0 aliphatic heterocycles. The number of nitrogens with zero attached hydrogens (tertiary/aromatic N) is 5. The van der Waals surface area contributed by atoms with Crippen LogP contribution in [0.4, 0.5) is 0 Å². The normalized spacial score (nSPS) is 10.6. The first-order valence-corrected chi connectivity index (χ1v) is 3.74. The Morgan fingerprint density at radius 1 is 1.46 bits per heavy atom. The third-order valence-corrected chi connectivity index (χ3v) is 1.76. The lowest BCUT2D eigenvalue weighted by Crippen LogP contribution is -2.08. The molecular weight excluding hydrogens is 170 g/mol. The zero-order valence-corrected chi connectivity index (χ0v) is 7.22. The van der Waals surface area contributed by atoms with Crippen molar-refractivity contribution < 1.29 is 4.79 Å². The average Bonchev–Trinajstić information content (AvgIpc) is 2.52. The molecule has 0 atom stereocenters. The van der Waals surface area contributed by atoms with Crippen LogP contribution in [0.3, 0.4) is 0 Å². The Bertz CT molecular complexity index is 475. The Kier molecular flexibility index (Phi) is 1.54. The highest BCUT2D eigenvalue weighted by atomic mass is 16.1. The molecule has 2 heterocycles. The molecule has 13 heavy (non-hydrogen) atoms. The lowest BCUT2D eigenvalue weighted by Gasteiger charge is -1.99. The van der Waals surface area contributed by atoms with Crippen LogP contribution in [0, 0.1) is 6.92 Å². The Labute approximate surface area is 73.6 Å². The van der Waals surface area contributed by atoms with Crippen LogP contribution in [0.5, 0.6) is 0 Å². The maximum Gasteiger partial charge on any atom is 0.271 e. The number of rotatable bonds is 1. The van der Waals surface area contributed by atoms with Crippen LogP contribution in [-0.4, -0.2) is 30.6 Å². The highest BCUT2D eigenvalue weighted by Crippen LogP contribution is 2.04. The minimum absolute atomic E-state index is 0.123. The van der Waals surface area contributed by atoms with Gasteiger partial charge in [-0.3, -0.25) is 4.79 Å². The predicted molar refractivity (Wildman–Crippen MR) is 43.3 cm³/mol. The van der Waals surface area contributed by atoms with Crippen molar-refractivity contribution >= 4 is 11.6 Å². The number of fused-ring (bicyclic) bond motifs is 1. The maximum atomic E-state index is 11.1. The highest BCUT2D eigenvalue weighted by Gasteiger charge is 2.10. The van der Waals surface area contributed by atoms with E-state index < -0.39 is 0 Å². The van der Waals surface area contributed by atoms with E-state index in [1.807, 2.05) is 0 Å². The van der Waals surface area contributed by atoms with Gasteiger partial charge < -0.3 is 0 Å². The van der Waals surface area contributed by atoms with Crippen LogP contribution in [-0.2, 0) is 0 Å². The van der Waals surface area contributed by atoms with E-state index >= 15 is 0 Å². The lowest BCUT2D eigenvalue weighted by atomic mass is 10.2. The molecule has 6 heteroatoms. The molecule has 0 N–H and O–H groups in total. The second kappa shape index (κ2) is 2.58. The number of aromatic nitrogens is 5. The van der Waals surface area contributed by atoms with Crippen LogP contribution < -0.4 is 0 Å². The molecular formula is C7H7N5O. The summed E-state index contributed by atoms with van der Waals surface area (Å²) in [5.74, 6) is 0.282. The van der Waals surface area contributed by atoms with E-state index in [0.29, 0.717) is 17.2 Å². The summed E-state index contributed by atoms with van der Waals surface area (Å²) in [7, 11) is 0. The molecule has 0 saturated heterocycles. The Balaban J connectivity index is 2.80. The van der Waals surface area contributed by atoms with Crippen molar-refractivity contribution in [3.05, 3.63) is 17.7 Å². The van der Waals surface area contributed by atoms with Crippen molar-refractivity contribution in [1.29, 1.82) is 0 Å². The van der Waals surface area contributed by atoms with E-state index in [0.717, 1.165) is 0 Å². The van der Waals surface area contributed by atoms with Gasteiger partial charge in [-0.15, -0.1) is 10.2 Å². The van der Waals surface area contributed by atoms with E-state index in [1.165, 1.54) is 17.8 Å². The van der Waals surface area contributed by atoms with Gasteiger partial charge in [0.05, 0.1) is 5.69 Å². The Hall–Kier alpha value is -1.85. The van der Waals surface area contributed by atoms with Gasteiger partial charge in [0.2, 0.25) is 0 Å². The van der Waals surface area contributed by atoms with Gasteiger partial charge in [-0.05, 0) is 6.92 Å². The minimum atomic E-state index is -0.123. The quantitative estimate of drug-likeness (QED) is 0.574. The number of aryl methyl sites for hydroxylation is 1. The molecule has 0 saturated carbocycles. The molecule has 0 aromatic carbocycles. The molecule has 2 rings (SSSR count). The number of Topliss-reactive ketones (excluding diaryl/α,β-unsaturated/α-hetero) is 1. The molecule has 6 nitrogen and oxygen atoms in total. The van der Waals surface area contributed by atoms with Crippen LogP contribution >= 0.6 is 0 Å². The predicted octanol–water partition coefficient (Wildman–Crippen LogP) is 0.0303. The smallest absolute Gasteiger partial charge is 0.271 e. The molecule has 0 fully saturated rings. The Morgan fingerprint density at radius 3 is 2.92 bits per heavy atom. The zero-order valence-electron chi connectivity index (χ0n) is 7.22. The fourth-order valence-electron chi connectivity index (χ4n) is 1.13. The van der Waals surface area contributed by atoms with Crippen LogP contribution in [0.25, 0.3) is 5.78 Å². The van der Waals surface area contributed by atoms with E-state index in [2.05, 4.69) is 20.3 Å². The third-order valence-electron chi connectivity index (χ3n) is 1.76. The topological polar surface area (TPSA) is 73.0 Å². The molecule has 0 amide bonds. The molecule has 0 spiro atoms. The molecule has 66 valence electrons. The van der Waals surface area contributed by atoms with Crippen molar-refractivity contribution in [3.63, 3.8) is 0 Å². The SMILES string of the molecule is CC(=O)c1nnc2ncnn2c1C. The standard InChI is InChI=1S/C7H7N5O/c1-4-6(5(2)13)10-11-7-8-3-9-12(4)7/h3H,1-2H3. The van der Waals surface area contributed by atoms with Crippen LogP contribution in [0.2, 0.25) is 0 Å². The van der Waals surface area contributed by atoms with Gasteiger partial charge in [-0.1, -0.05) is 0 Å². The number of hydrogen-bond donors (Lipinski definition) is 0. The van der Waals surface area contributed by atoms with Crippen LogP contribution in [0.15, 0.2) is 6.33 Å². The highest BCUT2D eigenvalue weighted by molar-refractivity contribution is 5.92. The average molecular weight is 177 g/mol. The fraction of sp³-hybridized carbons (Fsp3) is 0.286. The number of ketones is 1. The van der Waals surface area contributed by atoms with E-state index in [-0.39, 0.29) is 5.78 Å². The van der Waals surface area contributed by atoms with Crippen molar-refractivity contribution in [2.75, 3.05) is 0 Å². The summed E-state index contributed by atoms with van der Waals surface area (Å²) in [6.45, 7) is 3.20. The minimum Gasteiger partial charge on any atom is -0.293 e. The van der Waals surface area contributed by atoms with Crippen molar-refractivity contribution in [3.8, 4) is 0 Å². The number of hydrogen-bond acceptors (Lipinski definition) is 5. The summed E-state index contributed by atoms with van der Waals surface area (Å²) in [6.07, 6.45) is 1.38. The summed E-state index contributed by atoms with van der Waals surface area (Å²) in [4.78, 5) is 14.9. The molecule has 0 unspecified atom stereocenters. The van der Waals surface area contributed by atoms with Crippen molar-refractivity contribution in [1.82, 2.24) is 24.8 Å². The lowest BCUT2D eigenvalue weighted by molar-refractivity contribution is 0.101. The zero-order chi connectivity index (χ0) is 9.42. The second-order valence-electron chi connectivity index (χ2n) is 2.66. The summed E-state index contributed by atoms with van der Waals surface area (Å²) >= 11 is 0. The monoisotopic (exact) mass is 177 g/mol.